The average molecular weight is 339 g/mol. The van der Waals surface area contributed by atoms with E-state index < -0.39 is 11.7 Å². The molecule has 3 rings (SSSR count). The van der Waals surface area contributed by atoms with Crippen LogP contribution in [0.4, 0.5) is 13.2 Å². The summed E-state index contributed by atoms with van der Waals surface area (Å²) in [5.41, 5.74) is -0.670. The molecule has 2 heterocycles. The zero-order chi connectivity index (χ0) is 17.0. The average Bonchev–Trinajstić information content (AvgIpc) is 3.07. The first-order chi connectivity index (χ1) is 11.5. The fourth-order valence-electron chi connectivity index (χ4n) is 2.89. The van der Waals surface area contributed by atoms with E-state index in [1.807, 2.05) is 6.20 Å². The molecule has 1 aromatic heterocycles. The standard InChI is InChI=1S/C17H20F3N3O/c18-17(19,20)13-2-1-3-15(12-13)24-14-4-9-23(10-5-14)11-6-16-21-7-8-22-16/h1-3,7-8,12,14H,4-6,9-11H2,(H,21,22). The summed E-state index contributed by atoms with van der Waals surface area (Å²) < 4.78 is 43.9. The lowest BCUT2D eigenvalue weighted by molar-refractivity contribution is -0.137. The third-order valence-corrected chi connectivity index (χ3v) is 4.22. The first-order valence-corrected chi connectivity index (χ1v) is 8.05. The fraction of sp³-hybridized carbons (Fsp3) is 0.471. The second-order valence-electron chi connectivity index (χ2n) is 5.97. The number of aromatic nitrogens is 2. The van der Waals surface area contributed by atoms with Gasteiger partial charge >= 0.3 is 6.18 Å². The van der Waals surface area contributed by atoms with Crippen LogP contribution in [0.5, 0.6) is 5.75 Å². The number of hydrogen-bond donors (Lipinski definition) is 1. The number of benzene rings is 1. The van der Waals surface area contributed by atoms with Crippen molar-refractivity contribution in [3.63, 3.8) is 0 Å². The highest BCUT2D eigenvalue weighted by Gasteiger charge is 2.31. The first kappa shape index (κ1) is 16.8. The van der Waals surface area contributed by atoms with E-state index >= 15 is 0 Å². The minimum Gasteiger partial charge on any atom is -0.490 e. The molecule has 1 aliphatic rings. The van der Waals surface area contributed by atoms with Gasteiger partial charge in [0, 0.05) is 38.4 Å². The normalized spacial score (nSPS) is 17.1. The summed E-state index contributed by atoms with van der Waals surface area (Å²) in [6.07, 6.45) is 1.67. The molecule has 24 heavy (non-hydrogen) atoms. The molecule has 0 amide bonds. The largest absolute Gasteiger partial charge is 0.490 e. The fourth-order valence-corrected chi connectivity index (χ4v) is 2.89. The molecule has 1 fully saturated rings. The maximum Gasteiger partial charge on any atom is 0.416 e. The van der Waals surface area contributed by atoms with Crippen molar-refractivity contribution in [1.82, 2.24) is 14.9 Å². The van der Waals surface area contributed by atoms with E-state index in [0.717, 1.165) is 56.9 Å². The molecule has 4 nitrogen and oxygen atoms in total. The maximum absolute atomic E-state index is 12.7. The molecule has 1 aromatic carbocycles. The maximum atomic E-state index is 12.7. The number of rotatable bonds is 5. The molecule has 130 valence electrons. The zero-order valence-electron chi connectivity index (χ0n) is 13.2. The SMILES string of the molecule is FC(F)(F)c1cccc(OC2CCN(CCc3ncc[nH]3)CC2)c1. The van der Waals surface area contributed by atoms with Gasteiger partial charge in [-0.05, 0) is 31.0 Å². The van der Waals surface area contributed by atoms with Gasteiger partial charge in [0.05, 0.1) is 5.56 Å². The Labute approximate surface area is 138 Å². The van der Waals surface area contributed by atoms with Gasteiger partial charge in [-0.1, -0.05) is 6.07 Å². The summed E-state index contributed by atoms with van der Waals surface area (Å²) in [4.78, 5) is 9.61. The van der Waals surface area contributed by atoms with Gasteiger partial charge in [-0.15, -0.1) is 0 Å². The van der Waals surface area contributed by atoms with Crippen molar-refractivity contribution in [3.05, 3.63) is 48.0 Å². The summed E-state index contributed by atoms with van der Waals surface area (Å²) in [6, 6.07) is 5.10. The Kier molecular flexibility index (Phi) is 5.08. The molecule has 0 saturated carbocycles. The molecule has 2 aromatic rings. The molecular formula is C17H20F3N3O. The van der Waals surface area contributed by atoms with E-state index in [0.29, 0.717) is 5.75 Å². The molecule has 1 N–H and O–H groups in total. The third kappa shape index (κ3) is 4.50. The van der Waals surface area contributed by atoms with Gasteiger partial charge in [0.25, 0.3) is 0 Å². The van der Waals surface area contributed by atoms with E-state index in [1.54, 1.807) is 12.3 Å². The van der Waals surface area contributed by atoms with Crippen molar-refractivity contribution in [2.24, 2.45) is 0 Å². The Morgan fingerprint density at radius 1 is 1.25 bits per heavy atom. The van der Waals surface area contributed by atoms with Crippen LogP contribution in [0.1, 0.15) is 24.2 Å². The Morgan fingerprint density at radius 2 is 2.04 bits per heavy atom. The molecule has 0 spiro atoms. The molecule has 7 heteroatoms. The second kappa shape index (κ2) is 7.25. The number of likely N-dealkylation sites (tertiary alicyclic amines) is 1. The quantitative estimate of drug-likeness (QED) is 0.906. The van der Waals surface area contributed by atoms with Crippen LogP contribution >= 0.6 is 0 Å². The summed E-state index contributed by atoms with van der Waals surface area (Å²) in [5.74, 6) is 1.26. The van der Waals surface area contributed by atoms with Crippen molar-refractivity contribution >= 4 is 0 Å². The van der Waals surface area contributed by atoms with Crippen LogP contribution in [0.25, 0.3) is 0 Å². The van der Waals surface area contributed by atoms with E-state index in [2.05, 4.69) is 14.9 Å². The van der Waals surface area contributed by atoms with Crippen LogP contribution in [0, 0.1) is 0 Å². The van der Waals surface area contributed by atoms with E-state index in [4.69, 9.17) is 4.74 Å². The molecule has 1 aliphatic heterocycles. The number of piperidine rings is 1. The lowest BCUT2D eigenvalue weighted by Gasteiger charge is -2.32. The number of ether oxygens (including phenoxy) is 1. The number of hydrogen-bond acceptors (Lipinski definition) is 3. The predicted octanol–water partition coefficient (Wildman–Crippen LogP) is 3.51. The van der Waals surface area contributed by atoms with Crippen LogP contribution in [0.3, 0.4) is 0 Å². The zero-order valence-corrected chi connectivity index (χ0v) is 13.2. The highest BCUT2D eigenvalue weighted by atomic mass is 19.4. The molecule has 1 saturated heterocycles. The topological polar surface area (TPSA) is 41.1 Å². The van der Waals surface area contributed by atoms with Crippen LogP contribution < -0.4 is 4.74 Å². The van der Waals surface area contributed by atoms with Crippen molar-refractivity contribution < 1.29 is 17.9 Å². The van der Waals surface area contributed by atoms with Crippen LogP contribution in [0.2, 0.25) is 0 Å². The van der Waals surface area contributed by atoms with Gasteiger partial charge in [0.2, 0.25) is 0 Å². The Morgan fingerprint density at radius 3 is 2.71 bits per heavy atom. The van der Waals surface area contributed by atoms with Crippen molar-refractivity contribution in [1.29, 1.82) is 0 Å². The highest BCUT2D eigenvalue weighted by Crippen LogP contribution is 2.32. The van der Waals surface area contributed by atoms with Crippen LogP contribution in [0.15, 0.2) is 36.7 Å². The highest BCUT2D eigenvalue weighted by molar-refractivity contribution is 5.30. The second-order valence-corrected chi connectivity index (χ2v) is 5.97. The van der Waals surface area contributed by atoms with Crippen molar-refractivity contribution in [2.45, 2.75) is 31.5 Å². The molecule has 0 aliphatic carbocycles. The lowest BCUT2D eigenvalue weighted by Crippen LogP contribution is -2.39. The summed E-state index contributed by atoms with van der Waals surface area (Å²) in [5, 5.41) is 0. The van der Waals surface area contributed by atoms with Crippen LogP contribution in [-0.2, 0) is 12.6 Å². The van der Waals surface area contributed by atoms with E-state index in [9.17, 15) is 13.2 Å². The minimum absolute atomic E-state index is 0.0339. The molecule has 0 atom stereocenters. The molecule has 0 bridgehead atoms. The number of aromatic amines is 1. The number of imidazole rings is 1. The first-order valence-electron chi connectivity index (χ1n) is 8.05. The monoisotopic (exact) mass is 339 g/mol. The number of nitrogens with one attached hydrogen (secondary N) is 1. The predicted molar refractivity (Wildman–Crippen MR) is 83.8 cm³/mol. The molecule has 0 radical (unpaired) electrons. The lowest BCUT2D eigenvalue weighted by atomic mass is 10.1. The van der Waals surface area contributed by atoms with Gasteiger partial charge in [0.15, 0.2) is 0 Å². The van der Waals surface area contributed by atoms with E-state index in [-0.39, 0.29) is 6.10 Å². The van der Waals surface area contributed by atoms with Gasteiger partial charge in [-0.2, -0.15) is 13.2 Å². The molecule has 0 unspecified atom stereocenters. The van der Waals surface area contributed by atoms with Gasteiger partial charge < -0.3 is 14.6 Å². The molecular weight excluding hydrogens is 319 g/mol. The van der Waals surface area contributed by atoms with Gasteiger partial charge in [-0.3, -0.25) is 0 Å². The minimum atomic E-state index is -4.34. The Hall–Kier alpha value is -2.02. The Balaban J connectivity index is 1.47. The smallest absolute Gasteiger partial charge is 0.416 e. The van der Waals surface area contributed by atoms with E-state index in [1.165, 1.54) is 6.07 Å². The number of H-pyrrole nitrogens is 1. The summed E-state index contributed by atoms with van der Waals surface area (Å²) in [6.45, 7) is 2.68. The number of alkyl halides is 3. The number of nitrogens with zero attached hydrogens (tertiary/aromatic N) is 2. The van der Waals surface area contributed by atoms with Gasteiger partial charge in [-0.25, -0.2) is 4.98 Å². The third-order valence-electron chi connectivity index (χ3n) is 4.22. The van der Waals surface area contributed by atoms with Crippen molar-refractivity contribution in [2.75, 3.05) is 19.6 Å². The summed E-state index contributed by atoms with van der Waals surface area (Å²) >= 11 is 0. The van der Waals surface area contributed by atoms with Crippen LogP contribution in [-0.4, -0.2) is 40.6 Å². The summed E-state index contributed by atoms with van der Waals surface area (Å²) in [7, 11) is 0. The van der Waals surface area contributed by atoms with Gasteiger partial charge in [0.1, 0.15) is 17.7 Å². The Bertz CT molecular complexity index is 635. The van der Waals surface area contributed by atoms with Crippen molar-refractivity contribution in [3.8, 4) is 5.75 Å². The number of halogens is 3.